The van der Waals surface area contributed by atoms with Gasteiger partial charge in [-0.25, -0.2) is 9.88 Å². The summed E-state index contributed by atoms with van der Waals surface area (Å²) < 4.78 is 1.73. The van der Waals surface area contributed by atoms with Crippen molar-refractivity contribution in [3.05, 3.63) is 92.2 Å². The van der Waals surface area contributed by atoms with Crippen LogP contribution in [-0.4, -0.2) is 16.8 Å². The first-order chi connectivity index (χ1) is 15.5. The molecule has 4 nitrogen and oxygen atoms in total. The maximum atomic E-state index is 13.7. The number of thiophene rings is 2. The number of anilines is 1. The molecule has 0 spiro atoms. The predicted molar refractivity (Wildman–Crippen MR) is 134 cm³/mol. The third-order valence-electron chi connectivity index (χ3n) is 4.99. The van der Waals surface area contributed by atoms with Crippen LogP contribution in [0, 0.1) is 6.92 Å². The summed E-state index contributed by atoms with van der Waals surface area (Å²) in [5, 5.41) is 2.19. The number of benzene rings is 2. The van der Waals surface area contributed by atoms with Gasteiger partial charge in [0.05, 0.1) is 10.0 Å². The number of fused-ring (bicyclic) bond motifs is 2. The molecule has 8 heteroatoms. The molecule has 0 saturated carbocycles. The van der Waals surface area contributed by atoms with Crippen molar-refractivity contribution in [1.29, 1.82) is 0 Å². The zero-order valence-electron chi connectivity index (χ0n) is 16.6. The van der Waals surface area contributed by atoms with Crippen LogP contribution < -0.4 is 4.90 Å². The number of halogens is 2. The Morgan fingerprint density at radius 1 is 0.812 bits per heavy atom. The fraction of sp³-hybridized carbons (Fsp3) is 0.0417. The monoisotopic (exact) mass is 496 g/mol. The van der Waals surface area contributed by atoms with Crippen LogP contribution in [0.25, 0.3) is 20.2 Å². The molecule has 0 aliphatic heterocycles. The first-order valence-electron chi connectivity index (χ1n) is 9.61. The van der Waals surface area contributed by atoms with Crippen molar-refractivity contribution in [3.63, 3.8) is 0 Å². The van der Waals surface area contributed by atoms with Crippen LogP contribution in [0.1, 0.15) is 24.9 Å². The largest absolute Gasteiger partial charge is 0.278 e. The van der Waals surface area contributed by atoms with Gasteiger partial charge in [0.15, 0.2) is 0 Å². The number of carbonyl (C=O) groups is 2. The van der Waals surface area contributed by atoms with E-state index in [2.05, 4.69) is 4.98 Å². The number of pyridine rings is 1. The average molecular weight is 497 g/mol. The van der Waals surface area contributed by atoms with Gasteiger partial charge in [0, 0.05) is 26.4 Å². The van der Waals surface area contributed by atoms with Gasteiger partial charge in [0.25, 0.3) is 11.8 Å². The van der Waals surface area contributed by atoms with E-state index >= 15 is 0 Å². The first kappa shape index (κ1) is 21.1. The van der Waals surface area contributed by atoms with Crippen molar-refractivity contribution in [2.45, 2.75) is 6.92 Å². The summed E-state index contributed by atoms with van der Waals surface area (Å²) in [6.07, 6.45) is 1.57. The number of nitrogens with zero attached hydrogens (tertiary/aromatic N) is 2. The molecule has 158 valence electrons. The van der Waals surface area contributed by atoms with E-state index in [1.165, 1.54) is 22.7 Å². The summed E-state index contributed by atoms with van der Waals surface area (Å²) in [7, 11) is 0. The number of amides is 2. The zero-order chi connectivity index (χ0) is 22.4. The Labute approximate surface area is 201 Å². The van der Waals surface area contributed by atoms with Crippen LogP contribution in [0.5, 0.6) is 0 Å². The highest BCUT2D eigenvalue weighted by Gasteiger charge is 2.33. The normalized spacial score (nSPS) is 11.2. The molecule has 32 heavy (non-hydrogen) atoms. The molecule has 0 unspecified atom stereocenters. The van der Waals surface area contributed by atoms with Gasteiger partial charge in [-0.2, -0.15) is 0 Å². The van der Waals surface area contributed by atoms with Crippen LogP contribution in [0.3, 0.4) is 0 Å². The molecule has 5 aromatic rings. The van der Waals surface area contributed by atoms with Gasteiger partial charge in [-0.1, -0.05) is 59.6 Å². The highest BCUT2D eigenvalue weighted by atomic mass is 35.5. The summed E-state index contributed by atoms with van der Waals surface area (Å²) in [5.74, 6) is -0.845. The maximum Gasteiger partial charge on any atom is 0.278 e. The lowest BCUT2D eigenvalue weighted by atomic mass is 10.2. The smallest absolute Gasteiger partial charge is 0.267 e. The summed E-state index contributed by atoms with van der Waals surface area (Å²) in [6, 6.07) is 18.5. The molecule has 0 atom stereocenters. The van der Waals surface area contributed by atoms with Crippen LogP contribution in [0.15, 0.2) is 66.9 Å². The van der Waals surface area contributed by atoms with Gasteiger partial charge >= 0.3 is 0 Å². The molecule has 2 amide bonds. The third kappa shape index (κ3) is 3.49. The summed E-state index contributed by atoms with van der Waals surface area (Å²) in [4.78, 5) is 33.4. The van der Waals surface area contributed by atoms with E-state index in [1.807, 2.05) is 55.5 Å². The number of hydrogen-bond donors (Lipinski definition) is 0. The molecule has 0 radical (unpaired) electrons. The third-order valence-corrected chi connectivity index (χ3v) is 8.32. The van der Waals surface area contributed by atoms with E-state index in [9.17, 15) is 9.59 Å². The number of aromatic nitrogens is 1. The van der Waals surface area contributed by atoms with Gasteiger partial charge in [-0.3, -0.25) is 9.59 Å². The van der Waals surface area contributed by atoms with Gasteiger partial charge in [0.2, 0.25) is 0 Å². The minimum atomic E-state index is -0.534. The van der Waals surface area contributed by atoms with E-state index in [4.69, 9.17) is 23.2 Å². The molecular formula is C24H14Cl2N2O2S2. The Hall–Kier alpha value is -2.77. The molecule has 2 aromatic carbocycles. The number of aryl methyl sites for hydroxylation is 1. The predicted octanol–water partition coefficient (Wildman–Crippen LogP) is 7.61. The summed E-state index contributed by atoms with van der Waals surface area (Å²) >= 11 is 15.6. The molecule has 3 aromatic heterocycles. The molecule has 0 aliphatic carbocycles. The lowest BCUT2D eigenvalue weighted by molar-refractivity contribution is 0.0901. The van der Waals surface area contributed by atoms with Gasteiger partial charge in [-0.15, -0.1) is 22.7 Å². The minimum Gasteiger partial charge on any atom is -0.267 e. The SMILES string of the molecule is Cc1ccnc(N(C(=O)c2sc3ccccc3c2Cl)C(=O)c2sc3ccccc3c2Cl)c1. The molecule has 0 aliphatic rings. The minimum absolute atomic E-state index is 0.224. The fourth-order valence-corrected chi connectivity index (χ4v) is 6.33. The van der Waals surface area contributed by atoms with E-state index in [1.54, 1.807) is 18.3 Å². The fourth-order valence-electron chi connectivity index (χ4n) is 3.45. The lowest BCUT2D eigenvalue weighted by Gasteiger charge is -2.19. The molecule has 0 bridgehead atoms. The first-order valence-corrected chi connectivity index (χ1v) is 12.0. The Morgan fingerprint density at radius 3 is 1.78 bits per heavy atom. The van der Waals surface area contributed by atoms with Gasteiger partial charge in [-0.05, 0) is 36.8 Å². The van der Waals surface area contributed by atoms with Crippen molar-refractivity contribution in [2.75, 3.05) is 4.90 Å². The molecular weight excluding hydrogens is 483 g/mol. The van der Waals surface area contributed by atoms with Crippen LogP contribution in [-0.2, 0) is 0 Å². The highest BCUT2D eigenvalue weighted by molar-refractivity contribution is 7.22. The molecule has 5 rings (SSSR count). The van der Waals surface area contributed by atoms with Crippen LogP contribution in [0.4, 0.5) is 5.82 Å². The number of hydrogen-bond acceptors (Lipinski definition) is 5. The molecule has 0 N–H and O–H groups in total. The van der Waals surface area contributed by atoms with Crippen LogP contribution >= 0.6 is 45.9 Å². The Bertz CT molecular complexity index is 1430. The van der Waals surface area contributed by atoms with Gasteiger partial charge < -0.3 is 0 Å². The Kier molecular flexibility index (Phi) is 5.47. The topological polar surface area (TPSA) is 50.3 Å². The van der Waals surface area contributed by atoms with E-state index in [0.717, 1.165) is 30.6 Å². The van der Waals surface area contributed by atoms with E-state index in [0.29, 0.717) is 10.0 Å². The van der Waals surface area contributed by atoms with Crippen molar-refractivity contribution >= 4 is 83.7 Å². The molecule has 0 saturated heterocycles. The average Bonchev–Trinajstić information content (AvgIpc) is 3.31. The van der Waals surface area contributed by atoms with Crippen molar-refractivity contribution in [3.8, 4) is 0 Å². The Balaban J connectivity index is 1.68. The van der Waals surface area contributed by atoms with Crippen molar-refractivity contribution in [1.82, 2.24) is 4.98 Å². The van der Waals surface area contributed by atoms with Crippen LogP contribution in [0.2, 0.25) is 10.0 Å². The Morgan fingerprint density at radius 2 is 1.31 bits per heavy atom. The summed E-state index contributed by atoms with van der Waals surface area (Å²) in [6.45, 7) is 1.87. The van der Waals surface area contributed by atoms with Crippen molar-refractivity contribution in [2.24, 2.45) is 0 Å². The van der Waals surface area contributed by atoms with E-state index in [-0.39, 0.29) is 15.6 Å². The maximum absolute atomic E-state index is 13.7. The number of rotatable bonds is 3. The van der Waals surface area contributed by atoms with Gasteiger partial charge in [0.1, 0.15) is 15.6 Å². The second-order valence-electron chi connectivity index (χ2n) is 7.12. The number of imide groups is 1. The highest BCUT2D eigenvalue weighted by Crippen LogP contribution is 2.39. The molecule has 0 fully saturated rings. The standard InChI is InChI=1S/C24H14Cl2N2O2S2/c1-13-10-11-27-18(12-13)28(23(29)21-19(25)14-6-2-4-8-16(14)31-21)24(30)22-20(26)15-7-3-5-9-17(15)32-22/h2-12H,1H3. The second-order valence-corrected chi connectivity index (χ2v) is 9.98. The second kappa shape index (κ2) is 8.30. The van der Waals surface area contributed by atoms with Crippen molar-refractivity contribution < 1.29 is 9.59 Å². The lowest BCUT2D eigenvalue weighted by Crippen LogP contribution is -2.37. The van der Waals surface area contributed by atoms with E-state index < -0.39 is 11.8 Å². The number of carbonyl (C=O) groups excluding carboxylic acids is 2. The quantitative estimate of drug-likeness (QED) is 0.241. The summed E-state index contributed by atoms with van der Waals surface area (Å²) in [5.41, 5.74) is 0.866. The molecule has 3 heterocycles. The zero-order valence-corrected chi connectivity index (χ0v) is 19.8.